The topological polar surface area (TPSA) is 91.7 Å². The molecule has 1 aromatic carbocycles. The Morgan fingerprint density at radius 2 is 2.26 bits per heavy atom. The first-order chi connectivity index (χ1) is 11.0. The minimum Gasteiger partial charge on any atom is -0.448 e. The third-order valence-corrected chi connectivity index (χ3v) is 4.30. The van der Waals surface area contributed by atoms with Crippen LogP contribution in [0.4, 0.5) is 0 Å². The van der Waals surface area contributed by atoms with Crippen molar-refractivity contribution >= 4 is 22.1 Å². The first-order valence-electron chi connectivity index (χ1n) is 7.57. The molecule has 7 nitrogen and oxygen atoms in total. The fourth-order valence-electron chi connectivity index (χ4n) is 3.10. The average Bonchev–Trinajstić information content (AvgIpc) is 3.08. The molecule has 2 N–H and O–H groups in total. The van der Waals surface area contributed by atoms with Crippen molar-refractivity contribution in [1.82, 2.24) is 14.6 Å². The lowest BCUT2D eigenvalue weighted by molar-refractivity contribution is 0.140. The average molecular weight is 315 g/mol. The van der Waals surface area contributed by atoms with E-state index in [1.54, 1.807) is 6.07 Å². The van der Waals surface area contributed by atoms with Crippen LogP contribution >= 0.6 is 0 Å². The number of hydrogen-bond donors (Lipinski definition) is 2. The largest absolute Gasteiger partial charge is 0.448 e. The van der Waals surface area contributed by atoms with E-state index in [0.717, 1.165) is 10.9 Å². The first kappa shape index (κ1) is 14.2. The van der Waals surface area contributed by atoms with Crippen LogP contribution in [0.1, 0.15) is 17.8 Å². The molecule has 0 bridgehead atoms. The van der Waals surface area contributed by atoms with Crippen molar-refractivity contribution < 1.29 is 14.7 Å². The number of aliphatic hydroxyl groups is 1. The molecule has 1 fully saturated rings. The quantitative estimate of drug-likeness (QED) is 0.692. The lowest BCUT2D eigenvalue weighted by Crippen LogP contribution is -2.29. The van der Waals surface area contributed by atoms with E-state index in [4.69, 9.17) is 4.42 Å². The number of hydrogen-bond acceptors (Lipinski definition) is 6. The summed E-state index contributed by atoms with van der Waals surface area (Å²) in [6.07, 6.45) is 0.321. The lowest BCUT2D eigenvalue weighted by Gasteiger charge is -2.15. The second-order valence-electron chi connectivity index (χ2n) is 6.10. The highest BCUT2D eigenvalue weighted by Crippen LogP contribution is 2.26. The molecule has 0 unspecified atom stereocenters. The summed E-state index contributed by atoms with van der Waals surface area (Å²) in [6, 6.07) is 5.61. The van der Waals surface area contributed by atoms with Gasteiger partial charge in [-0.05, 0) is 25.5 Å². The minimum absolute atomic E-state index is 0.0540. The Hall–Kier alpha value is -2.38. The van der Waals surface area contributed by atoms with Gasteiger partial charge in [0.05, 0.1) is 12.6 Å². The van der Waals surface area contributed by atoms with Gasteiger partial charge in [0.2, 0.25) is 5.58 Å². The third kappa shape index (κ3) is 2.29. The summed E-state index contributed by atoms with van der Waals surface area (Å²) in [4.78, 5) is 18.8. The molecule has 120 valence electrons. The SMILES string of the molecule is Cc1ccc2oc3c(=O)n(O)c(CN4CC[C@H](O)C4)nc3c2c1. The molecular formula is C16H17N3O4. The van der Waals surface area contributed by atoms with Crippen LogP contribution in [0.15, 0.2) is 27.4 Å². The van der Waals surface area contributed by atoms with E-state index >= 15 is 0 Å². The number of furan rings is 1. The monoisotopic (exact) mass is 315 g/mol. The summed E-state index contributed by atoms with van der Waals surface area (Å²) in [6.45, 7) is 3.48. The second-order valence-corrected chi connectivity index (χ2v) is 6.10. The molecule has 1 aliphatic rings. The predicted octanol–water partition coefficient (Wildman–Crippen LogP) is 1.26. The summed E-state index contributed by atoms with van der Waals surface area (Å²) in [5.74, 6) is 0.251. The van der Waals surface area contributed by atoms with Crippen molar-refractivity contribution in [3.05, 3.63) is 39.9 Å². The molecular weight excluding hydrogens is 298 g/mol. The molecule has 0 aliphatic carbocycles. The normalized spacial score (nSPS) is 19.1. The summed E-state index contributed by atoms with van der Waals surface area (Å²) >= 11 is 0. The fraction of sp³-hybridized carbons (Fsp3) is 0.375. The number of likely N-dealkylation sites (tertiary alicyclic amines) is 1. The summed E-state index contributed by atoms with van der Waals surface area (Å²) in [5, 5.41) is 20.5. The van der Waals surface area contributed by atoms with Crippen LogP contribution in [0.2, 0.25) is 0 Å². The van der Waals surface area contributed by atoms with Crippen molar-refractivity contribution in [2.75, 3.05) is 13.1 Å². The van der Waals surface area contributed by atoms with E-state index in [9.17, 15) is 15.1 Å². The maximum Gasteiger partial charge on any atom is 0.329 e. The molecule has 0 amide bonds. The zero-order valence-electron chi connectivity index (χ0n) is 12.7. The summed E-state index contributed by atoms with van der Waals surface area (Å²) in [5.41, 5.74) is 1.52. The van der Waals surface area contributed by atoms with Crippen molar-refractivity contribution in [3.63, 3.8) is 0 Å². The Balaban J connectivity index is 1.88. The summed E-state index contributed by atoms with van der Waals surface area (Å²) < 4.78 is 6.10. The van der Waals surface area contributed by atoms with Gasteiger partial charge in [-0.3, -0.25) is 9.69 Å². The van der Waals surface area contributed by atoms with E-state index in [1.807, 2.05) is 24.0 Å². The number of fused-ring (bicyclic) bond motifs is 3. The number of nitrogens with zero attached hydrogens (tertiary/aromatic N) is 3. The number of aryl methyl sites for hydroxylation is 1. The molecule has 3 heterocycles. The molecule has 7 heteroatoms. The summed E-state index contributed by atoms with van der Waals surface area (Å²) in [7, 11) is 0. The maximum atomic E-state index is 12.4. The highest BCUT2D eigenvalue weighted by molar-refractivity contribution is 6.02. The fourth-order valence-corrected chi connectivity index (χ4v) is 3.10. The molecule has 1 aliphatic heterocycles. The number of aromatic nitrogens is 2. The van der Waals surface area contributed by atoms with Crippen LogP contribution in [0.25, 0.3) is 22.1 Å². The van der Waals surface area contributed by atoms with Crippen molar-refractivity contribution in [2.24, 2.45) is 0 Å². The van der Waals surface area contributed by atoms with Crippen LogP contribution in [0.3, 0.4) is 0 Å². The highest BCUT2D eigenvalue weighted by Gasteiger charge is 2.23. The van der Waals surface area contributed by atoms with Gasteiger partial charge in [-0.2, -0.15) is 0 Å². The van der Waals surface area contributed by atoms with Gasteiger partial charge in [-0.15, -0.1) is 4.73 Å². The highest BCUT2D eigenvalue weighted by atomic mass is 16.5. The van der Waals surface area contributed by atoms with Gasteiger partial charge in [0.1, 0.15) is 11.1 Å². The van der Waals surface area contributed by atoms with Crippen LogP contribution in [-0.4, -0.2) is 44.1 Å². The zero-order valence-corrected chi connectivity index (χ0v) is 12.7. The number of benzene rings is 1. The Kier molecular flexibility index (Phi) is 3.14. The Morgan fingerprint density at radius 1 is 1.43 bits per heavy atom. The van der Waals surface area contributed by atoms with E-state index in [1.165, 1.54) is 0 Å². The Bertz CT molecular complexity index is 959. The van der Waals surface area contributed by atoms with E-state index < -0.39 is 5.56 Å². The van der Waals surface area contributed by atoms with Crippen LogP contribution < -0.4 is 5.56 Å². The van der Waals surface area contributed by atoms with Crippen molar-refractivity contribution in [3.8, 4) is 0 Å². The molecule has 0 saturated carbocycles. The van der Waals surface area contributed by atoms with Gasteiger partial charge < -0.3 is 14.7 Å². The van der Waals surface area contributed by atoms with Gasteiger partial charge >= 0.3 is 5.56 Å². The molecule has 0 radical (unpaired) electrons. The van der Waals surface area contributed by atoms with Gasteiger partial charge in [-0.1, -0.05) is 11.6 Å². The zero-order chi connectivity index (χ0) is 16.1. The first-order valence-corrected chi connectivity index (χ1v) is 7.57. The van der Waals surface area contributed by atoms with E-state index in [2.05, 4.69) is 4.98 Å². The lowest BCUT2D eigenvalue weighted by atomic mass is 10.2. The van der Waals surface area contributed by atoms with E-state index in [-0.39, 0.29) is 17.5 Å². The van der Waals surface area contributed by atoms with Gasteiger partial charge in [-0.25, -0.2) is 4.98 Å². The molecule has 4 rings (SSSR count). The molecule has 2 aromatic heterocycles. The van der Waals surface area contributed by atoms with Gasteiger partial charge in [0.15, 0.2) is 5.82 Å². The molecule has 1 atom stereocenters. The Morgan fingerprint density at radius 3 is 3.00 bits per heavy atom. The standard InChI is InChI=1S/C16H17N3O4/c1-9-2-3-12-11(6-9)14-15(23-12)16(21)19(22)13(17-14)8-18-5-4-10(20)7-18/h2-3,6,10,20,22H,4-5,7-8H2,1H3/t10-/m0/s1. The van der Waals surface area contributed by atoms with Crippen molar-refractivity contribution in [1.29, 1.82) is 0 Å². The second kappa shape index (κ2) is 5.07. The number of β-amino-alcohol motifs (C(OH)–C–C–N with tert-alkyl or cyclic N) is 1. The third-order valence-electron chi connectivity index (χ3n) is 4.30. The molecule has 3 aromatic rings. The van der Waals surface area contributed by atoms with E-state index in [0.29, 0.717) is 41.9 Å². The number of aliphatic hydroxyl groups excluding tert-OH is 1. The number of rotatable bonds is 2. The Labute approximate surface area is 131 Å². The maximum absolute atomic E-state index is 12.4. The van der Waals surface area contributed by atoms with Crippen molar-refractivity contribution in [2.45, 2.75) is 26.0 Å². The van der Waals surface area contributed by atoms with Crippen LogP contribution in [-0.2, 0) is 6.54 Å². The molecule has 1 saturated heterocycles. The van der Waals surface area contributed by atoms with Gasteiger partial charge in [0.25, 0.3) is 0 Å². The van der Waals surface area contributed by atoms with Crippen LogP contribution in [0, 0.1) is 6.92 Å². The predicted molar refractivity (Wildman–Crippen MR) is 83.6 cm³/mol. The smallest absolute Gasteiger partial charge is 0.329 e. The molecule has 0 spiro atoms. The van der Waals surface area contributed by atoms with Gasteiger partial charge in [0, 0.05) is 18.5 Å². The molecule has 23 heavy (non-hydrogen) atoms. The minimum atomic E-state index is -0.612. The van der Waals surface area contributed by atoms with Crippen LogP contribution in [0.5, 0.6) is 0 Å².